The summed E-state index contributed by atoms with van der Waals surface area (Å²) in [4.78, 5) is 35.5. The van der Waals surface area contributed by atoms with E-state index in [2.05, 4.69) is 5.32 Å². The minimum Gasteiger partial charge on any atom is -0.481 e. The molecule has 1 heterocycles. The number of hydrogen-bond acceptors (Lipinski definition) is 4. The molecule has 1 aliphatic rings. The third kappa shape index (κ3) is 4.48. The van der Waals surface area contributed by atoms with Crippen LogP contribution in [0.5, 0.6) is 0 Å². The molecule has 0 bridgehead atoms. The maximum absolute atomic E-state index is 11.9. The quantitative estimate of drug-likeness (QED) is 0.604. The van der Waals surface area contributed by atoms with Gasteiger partial charge in [0.15, 0.2) is 0 Å². The van der Waals surface area contributed by atoms with Gasteiger partial charge in [-0.2, -0.15) is 0 Å². The molecule has 114 valence electrons. The molecule has 4 N–H and O–H groups in total. The second-order valence-electron chi connectivity index (χ2n) is 5.84. The monoisotopic (exact) mass is 285 g/mol. The number of nitrogens with two attached hydrogens (primary N) is 1. The maximum Gasteiger partial charge on any atom is 0.306 e. The average molecular weight is 285 g/mol. The molecule has 20 heavy (non-hydrogen) atoms. The van der Waals surface area contributed by atoms with E-state index in [9.17, 15) is 14.4 Å². The van der Waals surface area contributed by atoms with E-state index in [4.69, 9.17) is 10.8 Å². The van der Waals surface area contributed by atoms with Crippen molar-refractivity contribution in [3.05, 3.63) is 0 Å². The molecule has 1 aliphatic heterocycles. The van der Waals surface area contributed by atoms with Gasteiger partial charge in [-0.3, -0.25) is 14.4 Å². The summed E-state index contributed by atoms with van der Waals surface area (Å²) < 4.78 is 0. The second-order valence-corrected chi connectivity index (χ2v) is 5.84. The smallest absolute Gasteiger partial charge is 0.306 e. The highest BCUT2D eigenvalue weighted by molar-refractivity contribution is 5.81. The van der Waals surface area contributed by atoms with Crippen LogP contribution >= 0.6 is 0 Å². The van der Waals surface area contributed by atoms with Crippen molar-refractivity contribution >= 4 is 17.8 Å². The van der Waals surface area contributed by atoms with Crippen molar-refractivity contribution in [3.63, 3.8) is 0 Å². The van der Waals surface area contributed by atoms with Gasteiger partial charge < -0.3 is 21.1 Å². The average Bonchev–Trinajstić information content (AvgIpc) is 2.38. The fourth-order valence-electron chi connectivity index (χ4n) is 2.06. The van der Waals surface area contributed by atoms with Crippen LogP contribution in [0.15, 0.2) is 0 Å². The largest absolute Gasteiger partial charge is 0.481 e. The number of amides is 2. The summed E-state index contributed by atoms with van der Waals surface area (Å²) >= 11 is 0. The number of carbonyl (C=O) groups excluding carboxylic acids is 2. The molecule has 0 aromatic heterocycles. The normalized spacial score (nSPS) is 17.0. The molecule has 0 saturated carbocycles. The van der Waals surface area contributed by atoms with Crippen LogP contribution < -0.4 is 11.1 Å². The zero-order chi connectivity index (χ0) is 15.3. The van der Waals surface area contributed by atoms with E-state index >= 15 is 0 Å². The Balaban J connectivity index is 2.31. The number of aliphatic carboxylic acids is 1. The number of primary amides is 1. The molecule has 2 amide bonds. The third-order valence-electron chi connectivity index (χ3n) is 3.71. The molecule has 7 heteroatoms. The molecule has 7 nitrogen and oxygen atoms in total. The van der Waals surface area contributed by atoms with Gasteiger partial charge in [-0.15, -0.1) is 0 Å². The van der Waals surface area contributed by atoms with Crippen LogP contribution in [-0.2, 0) is 14.4 Å². The van der Waals surface area contributed by atoms with Crippen molar-refractivity contribution in [1.29, 1.82) is 0 Å². The van der Waals surface area contributed by atoms with Crippen LogP contribution in [0, 0.1) is 11.3 Å². The number of rotatable bonds is 6. The topological polar surface area (TPSA) is 113 Å². The van der Waals surface area contributed by atoms with Gasteiger partial charge in [-0.05, 0) is 26.7 Å². The standard InChI is InChI=1S/C13H23N3O4/c1-13(2,12(14)20)8-15-7-10(17)16-5-3-9(4-6-16)11(18)19/h9,15H,3-8H2,1-2H3,(H2,14,20)(H,18,19). The number of hydrogen-bond donors (Lipinski definition) is 3. The third-order valence-corrected chi connectivity index (χ3v) is 3.71. The zero-order valence-electron chi connectivity index (χ0n) is 12.0. The van der Waals surface area contributed by atoms with Crippen molar-refractivity contribution in [2.75, 3.05) is 26.2 Å². The predicted octanol–water partition coefficient (Wildman–Crippen LogP) is -0.589. The van der Waals surface area contributed by atoms with Crippen LogP contribution in [0.25, 0.3) is 0 Å². The molecule has 0 unspecified atom stereocenters. The van der Waals surface area contributed by atoms with E-state index in [1.54, 1.807) is 18.7 Å². The first kappa shape index (κ1) is 16.4. The van der Waals surface area contributed by atoms with Gasteiger partial charge in [0.25, 0.3) is 0 Å². The molecular weight excluding hydrogens is 262 g/mol. The maximum atomic E-state index is 11.9. The lowest BCUT2D eigenvalue weighted by molar-refractivity contribution is -0.145. The summed E-state index contributed by atoms with van der Waals surface area (Å²) in [6.07, 6.45) is 0.988. The van der Waals surface area contributed by atoms with Crippen LogP contribution in [0.4, 0.5) is 0 Å². The van der Waals surface area contributed by atoms with E-state index in [-0.39, 0.29) is 18.4 Å². The van der Waals surface area contributed by atoms with Crippen LogP contribution in [0.1, 0.15) is 26.7 Å². The fraction of sp³-hybridized carbons (Fsp3) is 0.769. The SMILES string of the molecule is CC(C)(CNCC(=O)N1CCC(C(=O)O)CC1)C(N)=O. The highest BCUT2D eigenvalue weighted by Gasteiger charge is 2.28. The number of piperidine rings is 1. The van der Waals surface area contributed by atoms with Gasteiger partial charge in [0.05, 0.1) is 17.9 Å². The number of carbonyl (C=O) groups is 3. The first-order valence-corrected chi connectivity index (χ1v) is 6.75. The van der Waals surface area contributed by atoms with Crippen molar-refractivity contribution in [2.24, 2.45) is 17.1 Å². The lowest BCUT2D eigenvalue weighted by Gasteiger charge is -2.30. The Morgan fingerprint density at radius 3 is 2.30 bits per heavy atom. The first-order valence-electron chi connectivity index (χ1n) is 6.75. The van der Waals surface area contributed by atoms with Crippen LogP contribution in [0.2, 0.25) is 0 Å². The van der Waals surface area contributed by atoms with Gasteiger partial charge in [0.1, 0.15) is 0 Å². The van der Waals surface area contributed by atoms with Crippen molar-refractivity contribution in [2.45, 2.75) is 26.7 Å². The molecule has 0 radical (unpaired) electrons. The van der Waals surface area contributed by atoms with E-state index < -0.39 is 17.3 Å². The second kappa shape index (κ2) is 6.69. The Hall–Kier alpha value is -1.63. The number of carboxylic acid groups (broad SMARTS) is 1. The Morgan fingerprint density at radius 2 is 1.85 bits per heavy atom. The Labute approximate surface area is 118 Å². The minimum atomic E-state index is -0.793. The van der Waals surface area contributed by atoms with Crippen molar-refractivity contribution < 1.29 is 19.5 Å². The van der Waals surface area contributed by atoms with Crippen LogP contribution in [0.3, 0.4) is 0 Å². The Kier molecular flexibility index (Phi) is 5.50. The summed E-state index contributed by atoms with van der Waals surface area (Å²) in [6.45, 7) is 4.83. The first-order chi connectivity index (χ1) is 9.24. The van der Waals surface area contributed by atoms with E-state index in [0.29, 0.717) is 32.5 Å². The Bertz CT molecular complexity index is 387. The lowest BCUT2D eigenvalue weighted by Crippen LogP contribution is -2.47. The minimum absolute atomic E-state index is 0.0749. The number of likely N-dealkylation sites (tertiary alicyclic amines) is 1. The predicted molar refractivity (Wildman–Crippen MR) is 72.8 cm³/mol. The molecule has 0 aromatic rings. The van der Waals surface area contributed by atoms with Gasteiger partial charge in [0.2, 0.25) is 11.8 Å². The summed E-state index contributed by atoms with van der Waals surface area (Å²) in [6, 6.07) is 0. The van der Waals surface area contributed by atoms with E-state index in [1.165, 1.54) is 0 Å². The number of carboxylic acids is 1. The van der Waals surface area contributed by atoms with E-state index in [0.717, 1.165) is 0 Å². The molecular formula is C13H23N3O4. The summed E-state index contributed by atoms with van der Waals surface area (Å²) in [5, 5.41) is 11.8. The lowest BCUT2D eigenvalue weighted by atomic mass is 9.93. The van der Waals surface area contributed by atoms with Crippen molar-refractivity contribution in [1.82, 2.24) is 10.2 Å². The van der Waals surface area contributed by atoms with Gasteiger partial charge in [-0.25, -0.2) is 0 Å². The molecule has 1 saturated heterocycles. The molecule has 1 rings (SSSR count). The van der Waals surface area contributed by atoms with E-state index in [1.807, 2.05) is 0 Å². The highest BCUT2D eigenvalue weighted by atomic mass is 16.4. The molecule has 1 fully saturated rings. The molecule has 0 aromatic carbocycles. The van der Waals surface area contributed by atoms with Gasteiger partial charge in [0, 0.05) is 19.6 Å². The molecule has 0 aliphatic carbocycles. The summed E-state index contributed by atoms with van der Waals surface area (Å²) in [7, 11) is 0. The molecule has 0 spiro atoms. The Morgan fingerprint density at radius 1 is 1.30 bits per heavy atom. The fourth-order valence-corrected chi connectivity index (χ4v) is 2.06. The number of nitrogens with one attached hydrogen (secondary N) is 1. The van der Waals surface area contributed by atoms with Gasteiger partial charge in [-0.1, -0.05) is 0 Å². The van der Waals surface area contributed by atoms with Crippen molar-refractivity contribution in [3.8, 4) is 0 Å². The van der Waals surface area contributed by atoms with Gasteiger partial charge >= 0.3 is 5.97 Å². The summed E-state index contributed by atoms with van der Waals surface area (Å²) in [5.41, 5.74) is 4.55. The number of nitrogens with zero attached hydrogens (tertiary/aromatic N) is 1. The molecule has 0 atom stereocenters. The highest BCUT2D eigenvalue weighted by Crippen LogP contribution is 2.17. The summed E-state index contributed by atoms with van der Waals surface area (Å²) in [5.74, 6) is -1.63. The van der Waals surface area contributed by atoms with Crippen LogP contribution in [-0.4, -0.2) is 54.0 Å². The zero-order valence-corrected chi connectivity index (χ0v) is 12.0.